The molecule has 0 radical (unpaired) electrons. The molecule has 1 aliphatic heterocycles. The molecule has 3 aromatic rings. The van der Waals surface area contributed by atoms with Gasteiger partial charge < -0.3 is 19.2 Å². The van der Waals surface area contributed by atoms with Gasteiger partial charge in [0.25, 0.3) is 0 Å². The first-order valence-corrected chi connectivity index (χ1v) is 10.4. The second-order valence-corrected chi connectivity index (χ2v) is 8.19. The highest BCUT2D eigenvalue weighted by molar-refractivity contribution is 5.79. The van der Waals surface area contributed by atoms with Gasteiger partial charge in [0.05, 0.1) is 12.2 Å². The lowest BCUT2D eigenvalue weighted by Crippen LogP contribution is -2.31. The number of hydrogen-bond acceptors (Lipinski definition) is 4. The third-order valence-corrected chi connectivity index (χ3v) is 6.53. The van der Waals surface area contributed by atoms with Crippen molar-refractivity contribution >= 4 is 12.1 Å². The van der Waals surface area contributed by atoms with Crippen LogP contribution >= 0.6 is 0 Å². The van der Waals surface area contributed by atoms with Crippen molar-refractivity contribution in [2.24, 2.45) is 5.92 Å². The minimum atomic E-state index is -0.917. The first-order valence-electron chi connectivity index (χ1n) is 10.4. The van der Waals surface area contributed by atoms with E-state index >= 15 is 0 Å². The van der Waals surface area contributed by atoms with Crippen LogP contribution in [0, 0.1) is 12.8 Å². The van der Waals surface area contributed by atoms with E-state index in [2.05, 4.69) is 24.3 Å². The molecular formula is C25H23NO5. The molecule has 1 amide bonds. The van der Waals surface area contributed by atoms with Crippen molar-refractivity contribution in [3.05, 3.63) is 83.3 Å². The number of furan rings is 1. The highest BCUT2D eigenvalue weighted by Gasteiger charge is 2.42. The fraction of sp³-hybridized carbons (Fsp3) is 0.280. The minimum Gasteiger partial charge on any atom is -0.481 e. The van der Waals surface area contributed by atoms with E-state index in [0.29, 0.717) is 12.3 Å². The smallest absolute Gasteiger partial charge is 0.409 e. The van der Waals surface area contributed by atoms with Crippen LogP contribution in [-0.2, 0) is 9.53 Å². The van der Waals surface area contributed by atoms with Crippen LogP contribution in [0.3, 0.4) is 0 Å². The number of benzene rings is 2. The molecule has 0 saturated carbocycles. The SMILES string of the molecule is Cc1occc1C1CN(C(=O)OCC2c3ccccc3-c3ccccc32)CC1C(=O)O. The highest BCUT2D eigenvalue weighted by Crippen LogP contribution is 2.44. The van der Waals surface area contributed by atoms with Crippen molar-refractivity contribution in [2.75, 3.05) is 19.7 Å². The first kappa shape index (κ1) is 19.4. The number of likely N-dealkylation sites (tertiary alicyclic amines) is 1. The maximum Gasteiger partial charge on any atom is 0.409 e. The van der Waals surface area contributed by atoms with Gasteiger partial charge in [0.2, 0.25) is 0 Å². The minimum absolute atomic E-state index is 0.0267. The highest BCUT2D eigenvalue weighted by atomic mass is 16.6. The van der Waals surface area contributed by atoms with Crippen LogP contribution in [0.1, 0.15) is 34.3 Å². The molecule has 6 nitrogen and oxygen atoms in total. The van der Waals surface area contributed by atoms with Crippen LogP contribution in [0.4, 0.5) is 4.79 Å². The number of carbonyl (C=O) groups is 2. The topological polar surface area (TPSA) is 80.0 Å². The predicted octanol–water partition coefficient (Wildman–Crippen LogP) is 4.64. The van der Waals surface area contributed by atoms with Gasteiger partial charge in [0.15, 0.2) is 0 Å². The summed E-state index contributed by atoms with van der Waals surface area (Å²) in [5, 5.41) is 9.68. The molecule has 31 heavy (non-hydrogen) atoms. The summed E-state index contributed by atoms with van der Waals surface area (Å²) in [6.07, 6.45) is 1.08. The Morgan fingerprint density at radius 3 is 2.23 bits per heavy atom. The molecule has 5 rings (SSSR count). The zero-order valence-electron chi connectivity index (χ0n) is 17.2. The Hall–Kier alpha value is -3.54. The van der Waals surface area contributed by atoms with Gasteiger partial charge in [-0.2, -0.15) is 0 Å². The van der Waals surface area contributed by atoms with E-state index in [1.54, 1.807) is 12.3 Å². The monoisotopic (exact) mass is 417 g/mol. The Kier molecular flexibility index (Phi) is 4.77. The van der Waals surface area contributed by atoms with E-state index in [9.17, 15) is 14.7 Å². The Morgan fingerprint density at radius 2 is 1.65 bits per heavy atom. The Balaban J connectivity index is 1.32. The number of carbonyl (C=O) groups excluding carboxylic acids is 1. The van der Waals surface area contributed by atoms with E-state index in [1.165, 1.54) is 16.0 Å². The van der Waals surface area contributed by atoms with Crippen molar-refractivity contribution in [3.63, 3.8) is 0 Å². The average Bonchev–Trinajstić information content (AvgIpc) is 3.47. The van der Waals surface area contributed by atoms with E-state index in [-0.39, 0.29) is 25.0 Å². The lowest BCUT2D eigenvalue weighted by atomic mass is 9.89. The van der Waals surface area contributed by atoms with E-state index in [4.69, 9.17) is 9.15 Å². The van der Waals surface area contributed by atoms with Crippen LogP contribution in [-0.4, -0.2) is 41.8 Å². The molecule has 2 heterocycles. The summed E-state index contributed by atoms with van der Waals surface area (Å²) < 4.78 is 11.1. The van der Waals surface area contributed by atoms with Gasteiger partial charge in [-0.1, -0.05) is 48.5 Å². The second kappa shape index (κ2) is 7.61. The zero-order valence-corrected chi connectivity index (χ0v) is 17.2. The van der Waals surface area contributed by atoms with E-state index in [0.717, 1.165) is 16.7 Å². The Labute approximate surface area is 180 Å². The fourth-order valence-electron chi connectivity index (χ4n) is 4.98. The molecule has 1 fully saturated rings. The molecule has 0 bridgehead atoms. The lowest BCUT2D eigenvalue weighted by molar-refractivity contribution is -0.141. The molecule has 2 aromatic carbocycles. The molecule has 1 saturated heterocycles. The molecule has 158 valence electrons. The maximum absolute atomic E-state index is 12.9. The summed E-state index contributed by atoms with van der Waals surface area (Å²) in [7, 11) is 0. The first-order chi connectivity index (χ1) is 15.0. The van der Waals surface area contributed by atoms with Crippen LogP contribution in [0.2, 0.25) is 0 Å². The van der Waals surface area contributed by atoms with E-state index < -0.39 is 18.0 Å². The summed E-state index contributed by atoms with van der Waals surface area (Å²) in [6.45, 7) is 2.45. The number of hydrogen-bond donors (Lipinski definition) is 1. The lowest BCUT2D eigenvalue weighted by Gasteiger charge is -2.19. The van der Waals surface area contributed by atoms with Gasteiger partial charge in [-0.25, -0.2) is 4.79 Å². The number of rotatable bonds is 4. The third kappa shape index (κ3) is 3.28. The van der Waals surface area contributed by atoms with Crippen molar-refractivity contribution in [2.45, 2.75) is 18.8 Å². The van der Waals surface area contributed by atoms with Gasteiger partial charge in [-0.05, 0) is 40.8 Å². The standard InChI is InChI=1S/C25H23NO5/c1-15-16(10-11-30-15)21-12-26(13-22(21)24(27)28)25(29)31-14-23-19-8-4-2-6-17(19)18-7-3-5-9-20(18)23/h2-11,21-23H,12-14H2,1H3,(H,27,28). The number of ether oxygens (including phenoxy) is 1. The summed E-state index contributed by atoms with van der Waals surface area (Å²) in [5.74, 6) is -1.25. The number of amides is 1. The predicted molar refractivity (Wildman–Crippen MR) is 114 cm³/mol. The average molecular weight is 417 g/mol. The Bertz CT molecular complexity index is 1100. The molecule has 1 aromatic heterocycles. The van der Waals surface area contributed by atoms with Gasteiger partial charge >= 0.3 is 12.1 Å². The number of aryl methyl sites for hydroxylation is 1. The van der Waals surface area contributed by atoms with Crippen molar-refractivity contribution in [1.29, 1.82) is 0 Å². The fourth-order valence-corrected chi connectivity index (χ4v) is 4.98. The molecule has 1 aliphatic carbocycles. The number of carboxylic acids is 1. The number of carboxylic acid groups (broad SMARTS) is 1. The molecule has 0 spiro atoms. The molecular weight excluding hydrogens is 394 g/mol. The van der Waals surface area contributed by atoms with Gasteiger partial charge in [0, 0.05) is 24.9 Å². The van der Waals surface area contributed by atoms with Crippen LogP contribution < -0.4 is 0 Å². The van der Waals surface area contributed by atoms with Crippen LogP contribution in [0.25, 0.3) is 11.1 Å². The quantitative estimate of drug-likeness (QED) is 0.669. The summed E-state index contributed by atoms with van der Waals surface area (Å²) in [5.41, 5.74) is 5.46. The summed E-state index contributed by atoms with van der Waals surface area (Å²) >= 11 is 0. The zero-order chi connectivity index (χ0) is 21.5. The van der Waals surface area contributed by atoms with Gasteiger partial charge in [-0.15, -0.1) is 0 Å². The normalized spacial score (nSPS) is 19.8. The number of fused-ring (bicyclic) bond motifs is 3. The van der Waals surface area contributed by atoms with Crippen LogP contribution in [0.15, 0.2) is 65.3 Å². The van der Waals surface area contributed by atoms with Crippen molar-refractivity contribution in [1.82, 2.24) is 4.90 Å². The largest absolute Gasteiger partial charge is 0.481 e. The van der Waals surface area contributed by atoms with Gasteiger partial charge in [-0.3, -0.25) is 4.79 Å². The van der Waals surface area contributed by atoms with Crippen LogP contribution in [0.5, 0.6) is 0 Å². The number of aliphatic carboxylic acids is 1. The molecule has 2 aliphatic rings. The molecule has 1 N–H and O–H groups in total. The van der Waals surface area contributed by atoms with Gasteiger partial charge in [0.1, 0.15) is 12.4 Å². The maximum atomic E-state index is 12.9. The molecule has 2 unspecified atom stereocenters. The second-order valence-electron chi connectivity index (χ2n) is 8.19. The Morgan fingerprint density at radius 1 is 1.00 bits per heavy atom. The summed E-state index contributed by atoms with van der Waals surface area (Å²) in [4.78, 5) is 26.2. The molecule has 6 heteroatoms. The molecule has 2 atom stereocenters. The summed E-state index contributed by atoms with van der Waals surface area (Å²) in [6, 6.07) is 18.1. The third-order valence-electron chi connectivity index (χ3n) is 6.53. The van der Waals surface area contributed by atoms with Crippen molar-refractivity contribution < 1.29 is 23.8 Å². The van der Waals surface area contributed by atoms with E-state index in [1.807, 2.05) is 31.2 Å². The number of nitrogens with zero attached hydrogens (tertiary/aromatic N) is 1. The van der Waals surface area contributed by atoms with Crippen molar-refractivity contribution in [3.8, 4) is 11.1 Å².